The summed E-state index contributed by atoms with van der Waals surface area (Å²) in [5.41, 5.74) is 0. The van der Waals surface area contributed by atoms with Gasteiger partial charge in [-0.2, -0.15) is 0 Å². The van der Waals surface area contributed by atoms with Gasteiger partial charge in [0.15, 0.2) is 0 Å². The van der Waals surface area contributed by atoms with Crippen LogP contribution >= 0.6 is 27.3 Å². The van der Waals surface area contributed by atoms with Gasteiger partial charge < -0.3 is 5.11 Å². The molecule has 96 valence electrons. The van der Waals surface area contributed by atoms with Crippen LogP contribution in [-0.4, -0.2) is 11.2 Å². The first-order chi connectivity index (χ1) is 8.19. The highest BCUT2D eigenvalue weighted by atomic mass is 79.9. The number of rotatable bonds is 4. The van der Waals surface area contributed by atoms with Crippen LogP contribution in [0.2, 0.25) is 0 Å². The Kier molecular flexibility index (Phi) is 5.07. The van der Waals surface area contributed by atoms with E-state index in [4.69, 9.17) is 0 Å². The fourth-order valence-electron chi connectivity index (χ4n) is 2.95. The highest BCUT2D eigenvalue weighted by Crippen LogP contribution is 2.35. The van der Waals surface area contributed by atoms with Crippen LogP contribution in [0.5, 0.6) is 0 Å². The van der Waals surface area contributed by atoms with E-state index >= 15 is 0 Å². The van der Waals surface area contributed by atoms with E-state index in [0.717, 1.165) is 18.8 Å². The van der Waals surface area contributed by atoms with E-state index in [9.17, 15) is 5.11 Å². The fraction of sp³-hybridized carbons (Fsp3) is 0.714. The predicted molar refractivity (Wildman–Crippen MR) is 77.5 cm³/mol. The van der Waals surface area contributed by atoms with E-state index in [1.165, 1.54) is 35.0 Å². The summed E-state index contributed by atoms with van der Waals surface area (Å²) >= 11 is 5.30. The molecule has 3 unspecified atom stereocenters. The Hall–Kier alpha value is 0.140. The van der Waals surface area contributed by atoms with Crippen molar-refractivity contribution in [3.8, 4) is 0 Å². The molecule has 1 fully saturated rings. The Balaban J connectivity index is 1.93. The zero-order valence-corrected chi connectivity index (χ0v) is 12.8. The van der Waals surface area contributed by atoms with Crippen molar-refractivity contribution in [2.45, 2.75) is 51.6 Å². The predicted octanol–water partition coefficient (Wildman–Crippen LogP) is 4.63. The van der Waals surface area contributed by atoms with Crippen LogP contribution in [0.15, 0.2) is 15.9 Å². The number of aliphatic hydroxyl groups excluding tert-OH is 1. The number of hydrogen-bond acceptors (Lipinski definition) is 2. The molecule has 1 aromatic heterocycles. The smallest absolute Gasteiger partial charge is 0.0572 e. The monoisotopic (exact) mass is 316 g/mol. The average molecular weight is 317 g/mol. The lowest BCUT2D eigenvalue weighted by Crippen LogP contribution is -2.30. The first-order valence-corrected chi connectivity index (χ1v) is 8.27. The van der Waals surface area contributed by atoms with Crippen molar-refractivity contribution in [2.75, 3.05) is 0 Å². The van der Waals surface area contributed by atoms with E-state index in [-0.39, 0.29) is 6.10 Å². The summed E-state index contributed by atoms with van der Waals surface area (Å²) in [5, 5.41) is 12.2. The molecule has 1 saturated carbocycles. The number of thiophene rings is 1. The average Bonchev–Trinajstić information content (AvgIpc) is 2.69. The second-order valence-electron chi connectivity index (χ2n) is 5.23. The van der Waals surface area contributed by atoms with Crippen LogP contribution in [0, 0.1) is 11.8 Å². The summed E-state index contributed by atoms with van der Waals surface area (Å²) in [6.07, 6.45) is 7.02. The van der Waals surface area contributed by atoms with E-state index in [1.807, 2.05) is 0 Å². The quantitative estimate of drug-likeness (QED) is 0.858. The van der Waals surface area contributed by atoms with Crippen LogP contribution < -0.4 is 0 Å². The molecule has 0 saturated heterocycles. The molecular formula is C14H21BrOS. The molecule has 0 aromatic carbocycles. The van der Waals surface area contributed by atoms with E-state index in [2.05, 4.69) is 34.3 Å². The lowest BCUT2D eigenvalue weighted by Gasteiger charge is -2.33. The minimum absolute atomic E-state index is 0.0796. The maximum absolute atomic E-state index is 10.1. The number of halogens is 1. The van der Waals surface area contributed by atoms with Gasteiger partial charge in [0.2, 0.25) is 0 Å². The second kappa shape index (κ2) is 6.35. The fourth-order valence-corrected chi connectivity index (χ4v) is 4.50. The third kappa shape index (κ3) is 3.80. The van der Waals surface area contributed by atoms with Gasteiger partial charge in [-0.05, 0) is 59.5 Å². The standard InChI is InChI=1S/C14H21BrOS/c1-2-3-10-4-5-14(16)11(6-10)7-13-8-12(15)9-17-13/h8-11,14,16H,2-7H2,1H3. The Labute approximate surface area is 116 Å². The van der Waals surface area contributed by atoms with Crippen LogP contribution in [0.3, 0.4) is 0 Å². The molecule has 1 nitrogen and oxygen atoms in total. The number of hydrogen-bond donors (Lipinski definition) is 1. The molecule has 17 heavy (non-hydrogen) atoms. The molecule has 1 N–H and O–H groups in total. The lowest BCUT2D eigenvalue weighted by atomic mass is 9.76. The van der Waals surface area contributed by atoms with Crippen molar-refractivity contribution < 1.29 is 5.11 Å². The van der Waals surface area contributed by atoms with Gasteiger partial charge in [0.25, 0.3) is 0 Å². The van der Waals surface area contributed by atoms with Crippen molar-refractivity contribution >= 4 is 27.3 Å². The van der Waals surface area contributed by atoms with Crippen LogP contribution in [0.25, 0.3) is 0 Å². The summed E-state index contributed by atoms with van der Waals surface area (Å²) in [4.78, 5) is 1.40. The molecule has 0 amide bonds. The Morgan fingerprint density at radius 2 is 2.29 bits per heavy atom. The van der Waals surface area contributed by atoms with E-state index in [0.29, 0.717) is 5.92 Å². The van der Waals surface area contributed by atoms with Gasteiger partial charge in [-0.25, -0.2) is 0 Å². The Morgan fingerprint density at radius 3 is 2.94 bits per heavy atom. The second-order valence-corrected chi connectivity index (χ2v) is 7.14. The topological polar surface area (TPSA) is 20.2 Å². The molecule has 1 aliphatic rings. The minimum atomic E-state index is -0.0796. The van der Waals surface area contributed by atoms with Crippen molar-refractivity contribution in [3.63, 3.8) is 0 Å². The summed E-state index contributed by atoms with van der Waals surface area (Å²) in [6, 6.07) is 2.20. The molecular weight excluding hydrogens is 296 g/mol. The first-order valence-electron chi connectivity index (χ1n) is 6.60. The van der Waals surface area contributed by atoms with Gasteiger partial charge >= 0.3 is 0 Å². The highest BCUT2D eigenvalue weighted by molar-refractivity contribution is 9.10. The maximum Gasteiger partial charge on any atom is 0.0572 e. The molecule has 0 bridgehead atoms. The normalized spacial score (nSPS) is 29.5. The molecule has 3 atom stereocenters. The van der Waals surface area contributed by atoms with Crippen LogP contribution in [-0.2, 0) is 6.42 Å². The van der Waals surface area contributed by atoms with Gasteiger partial charge in [0.1, 0.15) is 0 Å². The van der Waals surface area contributed by atoms with Gasteiger partial charge in [-0.3, -0.25) is 0 Å². The van der Waals surface area contributed by atoms with E-state index in [1.54, 1.807) is 11.3 Å². The van der Waals surface area contributed by atoms with Crippen molar-refractivity contribution in [2.24, 2.45) is 11.8 Å². The summed E-state index contributed by atoms with van der Waals surface area (Å²) < 4.78 is 1.17. The lowest BCUT2D eigenvalue weighted by molar-refractivity contribution is 0.0466. The van der Waals surface area contributed by atoms with Crippen molar-refractivity contribution in [1.29, 1.82) is 0 Å². The third-order valence-electron chi connectivity index (χ3n) is 3.83. The molecule has 1 heterocycles. The minimum Gasteiger partial charge on any atom is -0.393 e. The Bertz CT molecular complexity index is 350. The van der Waals surface area contributed by atoms with Gasteiger partial charge in [-0.15, -0.1) is 11.3 Å². The molecule has 0 aliphatic heterocycles. The molecule has 1 aromatic rings. The first kappa shape index (κ1) is 13.6. The molecule has 0 spiro atoms. The Morgan fingerprint density at radius 1 is 1.47 bits per heavy atom. The highest BCUT2D eigenvalue weighted by Gasteiger charge is 2.28. The summed E-state index contributed by atoms with van der Waals surface area (Å²) in [6.45, 7) is 2.26. The molecule has 0 radical (unpaired) electrons. The molecule has 2 rings (SSSR count). The third-order valence-corrected chi connectivity index (χ3v) is 5.55. The van der Waals surface area contributed by atoms with Gasteiger partial charge in [0, 0.05) is 14.7 Å². The van der Waals surface area contributed by atoms with E-state index < -0.39 is 0 Å². The maximum atomic E-state index is 10.1. The van der Waals surface area contributed by atoms with Gasteiger partial charge in [0.05, 0.1) is 6.10 Å². The van der Waals surface area contributed by atoms with Crippen LogP contribution in [0.4, 0.5) is 0 Å². The van der Waals surface area contributed by atoms with Crippen LogP contribution in [0.1, 0.15) is 43.9 Å². The van der Waals surface area contributed by atoms with Crippen molar-refractivity contribution in [1.82, 2.24) is 0 Å². The summed E-state index contributed by atoms with van der Waals surface area (Å²) in [5.74, 6) is 1.32. The zero-order chi connectivity index (χ0) is 12.3. The summed E-state index contributed by atoms with van der Waals surface area (Å²) in [7, 11) is 0. The SMILES string of the molecule is CCCC1CCC(O)C(Cc2cc(Br)cs2)C1. The molecule has 1 aliphatic carbocycles. The largest absolute Gasteiger partial charge is 0.393 e. The molecule has 3 heteroatoms. The number of aliphatic hydroxyl groups is 1. The van der Waals surface area contributed by atoms with Gasteiger partial charge in [-0.1, -0.05) is 19.8 Å². The zero-order valence-electron chi connectivity index (χ0n) is 10.4. The van der Waals surface area contributed by atoms with Crippen molar-refractivity contribution in [3.05, 3.63) is 20.8 Å².